The quantitative estimate of drug-likeness (QED) is 0.590. The zero-order valence-corrected chi connectivity index (χ0v) is 10.7. The Morgan fingerprint density at radius 2 is 2.20 bits per heavy atom. The van der Waals surface area contributed by atoms with Crippen LogP contribution in [-0.2, 0) is 0 Å². The summed E-state index contributed by atoms with van der Waals surface area (Å²) in [6.07, 6.45) is 4.40. The van der Waals surface area contributed by atoms with Crippen molar-refractivity contribution in [3.63, 3.8) is 0 Å². The van der Waals surface area contributed by atoms with Crippen molar-refractivity contribution in [2.75, 3.05) is 0 Å². The van der Waals surface area contributed by atoms with Crippen LogP contribution in [0.1, 0.15) is 0 Å². The fourth-order valence-corrected chi connectivity index (χ4v) is 1.92. The molecule has 0 saturated carbocycles. The topological polar surface area (TPSA) is 93.9 Å². The Morgan fingerprint density at radius 1 is 1.35 bits per heavy atom. The fraction of sp³-hybridized carbons (Fsp3) is 0. The normalized spacial score (nSPS) is 10.7. The van der Waals surface area contributed by atoms with Gasteiger partial charge in [-0.2, -0.15) is 0 Å². The van der Waals surface area contributed by atoms with E-state index in [-0.39, 0.29) is 16.6 Å². The van der Waals surface area contributed by atoms with Crippen LogP contribution in [0.25, 0.3) is 11.0 Å². The Morgan fingerprint density at radius 3 is 2.95 bits per heavy atom. The number of aromatic nitrogens is 3. The third-order valence-electron chi connectivity index (χ3n) is 2.63. The maximum Gasteiger partial charge on any atom is 0.289 e. The number of H-pyrrole nitrogens is 1. The van der Waals surface area contributed by atoms with Crippen molar-refractivity contribution in [2.45, 2.75) is 0 Å². The lowest BCUT2D eigenvalue weighted by molar-refractivity contribution is -0.385. The Balaban J connectivity index is 1.99. The minimum atomic E-state index is -0.570. The molecule has 0 aliphatic heterocycles. The number of hydrogen-bond acceptors (Lipinski definition) is 5. The second-order valence-corrected chi connectivity index (χ2v) is 4.30. The fourth-order valence-electron chi connectivity index (χ4n) is 1.72. The monoisotopic (exact) mass is 290 g/mol. The number of hydrogen-bond donors (Lipinski definition) is 1. The molecule has 1 N–H and O–H groups in total. The molecule has 0 spiro atoms. The molecule has 3 aromatic heterocycles. The molecule has 3 heterocycles. The van der Waals surface area contributed by atoms with Crippen LogP contribution in [0.4, 0.5) is 5.69 Å². The van der Waals surface area contributed by atoms with E-state index >= 15 is 0 Å². The summed E-state index contributed by atoms with van der Waals surface area (Å²) >= 11 is 5.93. The minimum absolute atomic E-state index is 0.0692. The molecule has 0 saturated heterocycles. The summed E-state index contributed by atoms with van der Waals surface area (Å²) in [6.45, 7) is 0. The zero-order chi connectivity index (χ0) is 14.1. The van der Waals surface area contributed by atoms with Crippen LogP contribution in [0.2, 0.25) is 5.02 Å². The molecule has 20 heavy (non-hydrogen) atoms. The van der Waals surface area contributed by atoms with E-state index < -0.39 is 4.92 Å². The summed E-state index contributed by atoms with van der Waals surface area (Å²) in [5, 5.41) is 11.5. The minimum Gasteiger partial charge on any atom is -0.437 e. The predicted octanol–water partition coefficient (Wildman–Crippen LogP) is 3.31. The highest BCUT2D eigenvalue weighted by Crippen LogP contribution is 2.32. The molecule has 0 bridgehead atoms. The molecular weight excluding hydrogens is 284 g/mol. The number of nitro groups is 1. The summed E-state index contributed by atoms with van der Waals surface area (Å²) in [4.78, 5) is 21.0. The van der Waals surface area contributed by atoms with E-state index in [4.69, 9.17) is 16.3 Å². The standard InChI is InChI=1S/C12H7ClN4O3/c13-9-5-7(17(18)19)6-16-12(9)20-10-2-4-15-11-8(10)1-3-14-11/h1-6H,(H,14,15). The van der Waals surface area contributed by atoms with Crippen LogP contribution in [0.3, 0.4) is 0 Å². The van der Waals surface area contributed by atoms with E-state index in [0.717, 1.165) is 11.6 Å². The number of pyridine rings is 2. The SMILES string of the molecule is O=[N+]([O-])c1cnc(Oc2ccnc3[nH]ccc23)c(Cl)c1. The summed E-state index contributed by atoms with van der Waals surface area (Å²) in [5.74, 6) is 0.616. The van der Waals surface area contributed by atoms with Crippen LogP contribution in [0.5, 0.6) is 11.6 Å². The molecule has 7 nitrogen and oxygen atoms in total. The first-order valence-corrected chi connectivity index (χ1v) is 5.93. The van der Waals surface area contributed by atoms with Gasteiger partial charge in [0.1, 0.15) is 22.6 Å². The predicted molar refractivity (Wildman–Crippen MR) is 72.1 cm³/mol. The van der Waals surface area contributed by atoms with Crippen molar-refractivity contribution in [2.24, 2.45) is 0 Å². The van der Waals surface area contributed by atoms with E-state index in [0.29, 0.717) is 11.4 Å². The van der Waals surface area contributed by atoms with Gasteiger partial charge >= 0.3 is 0 Å². The maximum absolute atomic E-state index is 10.6. The molecule has 100 valence electrons. The molecule has 0 aromatic carbocycles. The van der Waals surface area contributed by atoms with Crippen LogP contribution in [0, 0.1) is 10.1 Å². The van der Waals surface area contributed by atoms with Gasteiger partial charge in [-0.3, -0.25) is 10.1 Å². The van der Waals surface area contributed by atoms with Crippen LogP contribution < -0.4 is 4.74 Å². The molecule has 3 aromatic rings. The first kappa shape index (κ1) is 12.4. The highest BCUT2D eigenvalue weighted by Gasteiger charge is 2.14. The molecule has 0 atom stereocenters. The summed E-state index contributed by atoms with van der Waals surface area (Å²) in [7, 11) is 0. The van der Waals surface area contributed by atoms with Gasteiger partial charge < -0.3 is 9.72 Å². The smallest absolute Gasteiger partial charge is 0.289 e. The van der Waals surface area contributed by atoms with Crippen molar-refractivity contribution in [3.8, 4) is 11.6 Å². The van der Waals surface area contributed by atoms with Gasteiger partial charge in [-0.25, -0.2) is 9.97 Å². The number of nitrogens with zero attached hydrogens (tertiary/aromatic N) is 3. The molecular formula is C12H7ClN4O3. The van der Waals surface area contributed by atoms with Gasteiger partial charge in [-0.1, -0.05) is 11.6 Å². The Hall–Kier alpha value is -2.67. The van der Waals surface area contributed by atoms with Gasteiger partial charge in [0.25, 0.3) is 5.69 Å². The van der Waals surface area contributed by atoms with Crippen LogP contribution >= 0.6 is 11.6 Å². The lowest BCUT2D eigenvalue weighted by atomic mass is 10.3. The van der Waals surface area contributed by atoms with E-state index in [1.807, 2.05) is 0 Å². The Kier molecular flexibility index (Phi) is 2.96. The van der Waals surface area contributed by atoms with Gasteiger partial charge in [0.05, 0.1) is 10.3 Å². The van der Waals surface area contributed by atoms with E-state index in [2.05, 4.69) is 15.0 Å². The molecule has 0 amide bonds. The maximum atomic E-state index is 10.6. The highest BCUT2D eigenvalue weighted by atomic mass is 35.5. The lowest BCUT2D eigenvalue weighted by Gasteiger charge is -2.06. The number of fused-ring (bicyclic) bond motifs is 1. The van der Waals surface area contributed by atoms with Gasteiger partial charge in [0.15, 0.2) is 0 Å². The van der Waals surface area contributed by atoms with E-state index in [9.17, 15) is 10.1 Å². The van der Waals surface area contributed by atoms with Gasteiger partial charge in [0, 0.05) is 18.5 Å². The van der Waals surface area contributed by atoms with Crippen LogP contribution in [-0.4, -0.2) is 19.9 Å². The Labute approximate surface area is 117 Å². The molecule has 0 aliphatic carbocycles. The number of ether oxygens (including phenoxy) is 1. The Bertz CT molecular complexity index is 802. The van der Waals surface area contributed by atoms with Crippen LogP contribution in [0.15, 0.2) is 36.8 Å². The number of nitrogens with one attached hydrogen (secondary N) is 1. The largest absolute Gasteiger partial charge is 0.437 e. The number of halogens is 1. The first-order valence-electron chi connectivity index (χ1n) is 5.55. The summed E-state index contributed by atoms with van der Waals surface area (Å²) < 4.78 is 5.59. The third kappa shape index (κ3) is 2.14. The second-order valence-electron chi connectivity index (χ2n) is 3.89. The van der Waals surface area contributed by atoms with Crippen molar-refractivity contribution < 1.29 is 9.66 Å². The second kappa shape index (κ2) is 4.78. The first-order chi connectivity index (χ1) is 9.65. The summed E-state index contributed by atoms with van der Waals surface area (Å²) in [6, 6.07) is 4.66. The molecule has 0 fully saturated rings. The van der Waals surface area contributed by atoms with E-state index in [1.54, 1.807) is 24.5 Å². The third-order valence-corrected chi connectivity index (χ3v) is 2.90. The highest BCUT2D eigenvalue weighted by molar-refractivity contribution is 6.32. The number of aromatic amines is 1. The zero-order valence-electron chi connectivity index (χ0n) is 9.91. The van der Waals surface area contributed by atoms with E-state index in [1.165, 1.54) is 6.07 Å². The molecule has 0 radical (unpaired) electrons. The number of rotatable bonds is 3. The van der Waals surface area contributed by atoms with Gasteiger partial charge in [0.2, 0.25) is 5.88 Å². The van der Waals surface area contributed by atoms with Crippen molar-refractivity contribution in [1.29, 1.82) is 0 Å². The summed E-state index contributed by atoms with van der Waals surface area (Å²) in [5.41, 5.74) is 0.476. The van der Waals surface area contributed by atoms with Crippen molar-refractivity contribution in [3.05, 3.63) is 51.9 Å². The molecule has 0 unspecified atom stereocenters. The van der Waals surface area contributed by atoms with Crippen molar-refractivity contribution >= 4 is 28.3 Å². The average molecular weight is 291 g/mol. The molecule has 8 heteroatoms. The molecule has 0 aliphatic rings. The molecule has 3 rings (SSSR count). The van der Waals surface area contributed by atoms with Gasteiger partial charge in [-0.05, 0) is 12.1 Å². The lowest BCUT2D eigenvalue weighted by Crippen LogP contribution is -1.93. The average Bonchev–Trinajstić information content (AvgIpc) is 2.90. The van der Waals surface area contributed by atoms with Gasteiger partial charge in [-0.15, -0.1) is 0 Å². The van der Waals surface area contributed by atoms with Crippen molar-refractivity contribution in [1.82, 2.24) is 15.0 Å².